The summed E-state index contributed by atoms with van der Waals surface area (Å²) < 4.78 is 38.4. The van der Waals surface area contributed by atoms with Crippen LogP contribution in [0.2, 0.25) is 0 Å². The monoisotopic (exact) mass is 292 g/mol. The minimum absolute atomic E-state index is 0.150. The maximum Gasteiger partial charge on any atom is 0.406 e. The Morgan fingerprint density at radius 1 is 1.35 bits per heavy atom. The lowest BCUT2D eigenvalue weighted by Crippen LogP contribution is -2.53. The van der Waals surface area contributed by atoms with Crippen molar-refractivity contribution >= 4 is 5.91 Å². The van der Waals surface area contributed by atoms with Crippen LogP contribution >= 0.6 is 0 Å². The lowest BCUT2D eigenvalue weighted by molar-refractivity contribution is -0.172. The van der Waals surface area contributed by atoms with Gasteiger partial charge in [0.1, 0.15) is 6.54 Å². The van der Waals surface area contributed by atoms with Crippen molar-refractivity contribution < 1.29 is 18.0 Å². The van der Waals surface area contributed by atoms with Crippen LogP contribution in [0.5, 0.6) is 0 Å². The van der Waals surface area contributed by atoms with E-state index in [1.807, 2.05) is 0 Å². The van der Waals surface area contributed by atoms with E-state index in [0.717, 1.165) is 30.6 Å². The zero-order chi connectivity index (χ0) is 15.0. The number of rotatable bonds is 5. The second kappa shape index (κ2) is 5.54. The smallest absolute Gasteiger partial charge is 0.330 e. The molecule has 2 saturated carbocycles. The highest BCUT2D eigenvalue weighted by Gasteiger charge is 2.48. The van der Waals surface area contributed by atoms with Crippen molar-refractivity contribution in [3.63, 3.8) is 0 Å². The largest absolute Gasteiger partial charge is 0.406 e. The van der Waals surface area contributed by atoms with Gasteiger partial charge in [-0.3, -0.25) is 4.79 Å². The molecule has 1 unspecified atom stereocenters. The molecular weight excluding hydrogens is 269 g/mol. The zero-order valence-corrected chi connectivity index (χ0v) is 11.9. The van der Waals surface area contributed by atoms with Crippen LogP contribution < -0.4 is 5.73 Å². The summed E-state index contributed by atoms with van der Waals surface area (Å²) in [7, 11) is 0. The summed E-state index contributed by atoms with van der Waals surface area (Å²) in [6.07, 6.45) is 0.466. The van der Waals surface area contributed by atoms with Gasteiger partial charge < -0.3 is 10.6 Å². The molecule has 116 valence electrons. The molecule has 0 radical (unpaired) electrons. The van der Waals surface area contributed by atoms with Gasteiger partial charge in [-0.1, -0.05) is 12.8 Å². The number of nitrogens with zero attached hydrogens (tertiary/aromatic N) is 1. The highest BCUT2D eigenvalue weighted by Crippen LogP contribution is 2.42. The minimum Gasteiger partial charge on any atom is -0.330 e. The van der Waals surface area contributed by atoms with Gasteiger partial charge in [0.15, 0.2) is 0 Å². The van der Waals surface area contributed by atoms with Crippen molar-refractivity contribution in [1.82, 2.24) is 4.90 Å². The molecule has 2 aliphatic carbocycles. The van der Waals surface area contributed by atoms with Crippen molar-refractivity contribution in [3.05, 3.63) is 0 Å². The summed E-state index contributed by atoms with van der Waals surface area (Å²) in [5, 5.41) is 0. The Balaban J connectivity index is 2.18. The molecule has 0 bridgehead atoms. The van der Waals surface area contributed by atoms with E-state index in [2.05, 4.69) is 0 Å². The average molecular weight is 292 g/mol. The van der Waals surface area contributed by atoms with E-state index in [-0.39, 0.29) is 24.4 Å². The highest BCUT2D eigenvalue weighted by molar-refractivity contribution is 5.83. The topological polar surface area (TPSA) is 46.3 Å². The number of amides is 1. The number of carbonyl (C=O) groups excluding carboxylic acids is 1. The first-order valence-electron chi connectivity index (χ1n) is 7.37. The normalized spacial score (nSPS) is 23.6. The minimum atomic E-state index is -4.35. The maximum absolute atomic E-state index is 12.8. The molecule has 1 atom stereocenters. The van der Waals surface area contributed by atoms with Gasteiger partial charge in [0.25, 0.3) is 0 Å². The summed E-state index contributed by atoms with van der Waals surface area (Å²) >= 11 is 0. The number of nitrogens with two attached hydrogens (primary N) is 1. The molecule has 0 aliphatic heterocycles. The summed E-state index contributed by atoms with van der Waals surface area (Å²) in [6.45, 7) is 0.739. The fourth-order valence-electron chi connectivity index (χ4n) is 3.29. The second-order valence-corrected chi connectivity index (χ2v) is 6.32. The van der Waals surface area contributed by atoms with E-state index >= 15 is 0 Å². The lowest BCUT2D eigenvalue weighted by Gasteiger charge is -2.37. The molecule has 0 aromatic rings. The Kier molecular flexibility index (Phi) is 4.33. The Morgan fingerprint density at radius 3 is 2.30 bits per heavy atom. The number of hydrogen-bond acceptors (Lipinski definition) is 2. The molecule has 0 heterocycles. The highest BCUT2D eigenvalue weighted by atomic mass is 19.4. The fourth-order valence-corrected chi connectivity index (χ4v) is 3.29. The van der Waals surface area contributed by atoms with Crippen LogP contribution in [-0.2, 0) is 4.79 Å². The Hall–Kier alpha value is -0.780. The molecule has 2 fully saturated rings. The van der Waals surface area contributed by atoms with Gasteiger partial charge >= 0.3 is 6.18 Å². The molecule has 20 heavy (non-hydrogen) atoms. The van der Waals surface area contributed by atoms with Crippen molar-refractivity contribution in [1.29, 1.82) is 0 Å². The van der Waals surface area contributed by atoms with E-state index in [4.69, 9.17) is 5.73 Å². The van der Waals surface area contributed by atoms with Crippen molar-refractivity contribution in [3.8, 4) is 0 Å². The van der Waals surface area contributed by atoms with Crippen LogP contribution in [0, 0.1) is 11.3 Å². The third-order valence-corrected chi connectivity index (χ3v) is 4.81. The van der Waals surface area contributed by atoms with Gasteiger partial charge in [-0.15, -0.1) is 0 Å². The van der Waals surface area contributed by atoms with Crippen molar-refractivity contribution in [2.45, 2.75) is 57.7 Å². The molecule has 2 rings (SSSR count). The van der Waals surface area contributed by atoms with Crippen LogP contribution in [0.25, 0.3) is 0 Å². The molecule has 0 aromatic heterocycles. The number of hydrogen-bond donors (Lipinski definition) is 1. The zero-order valence-electron chi connectivity index (χ0n) is 11.9. The van der Waals surface area contributed by atoms with Crippen molar-refractivity contribution in [2.75, 3.05) is 13.1 Å². The molecule has 2 aliphatic rings. The number of alkyl halides is 3. The predicted octanol–water partition coefficient (Wildman–Crippen LogP) is 2.69. The van der Waals surface area contributed by atoms with Gasteiger partial charge in [-0.25, -0.2) is 0 Å². The van der Waals surface area contributed by atoms with Crippen LogP contribution in [0.15, 0.2) is 0 Å². The Labute approximate surface area is 117 Å². The summed E-state index contributed by atoms with van der Waals surface area (Å²) in [5.74, 6) is -0.160. The molecule has 1 amide bonds. The molecule has 0 spiro atoms. The van der Waals surface area contributed by atoms with Gasteiger partial charge in [0, 0.05) is 12.6 Å². The number of carbonyl (C=O) groups is 1. The van der Waals surface area contributed by atoms with Gasteiger partial charge in [0.05, 0.1) is 5.41 Å². The average Bonchev–Trinajstić information content (AvgIpc) is 3.11. The fraction of sp³-hybridized carbons (Fsp3) is 0.929. The van der Waals surface area contributed by atoms with Crippen LogP contribution in [-0.4, -0.2) is 36.1 Å². The first kappa shape index (κ1) is 15.6. The quantitative estimate of drug-likeness (QED) is 0.847. The van der Waals surface area contributed by atoms with Crippen LogP contribution in [0.1, 0.15) is 45.4 Å². The SMILES string of the molecule is CC(C1CC1)N(CC(F)(F)F)C(=O)C1(CN)CCCC1. The van der Waals surface area contributed by atoms with Gasteiger partial charge in [-0.05, 0) is 38.5 Å². The third-order valence-electron chi connectivity index (χ3n) is 4.81. The molecule has 0 saturated heterocycles. The molecule has 0 aromatic carbocycles. The first-order chi connectivity index (χ1) is 9.29. The Morgan fingerprint density at radius 2 is 1.90 bits per heavy atom. The van der Waals surface area contributed by atoms with E-state index in [1.165, 1.54) is 0 Å². The summed E-state index contributed by atoms with van der Waals surface area (Å²) in [4.78, 5) is 13.7. The third kappa shape index (κ3) is 3.27. The summed E-state index contributed by atoms with van der Waals surface area (Å²) in [6, 6.07) is -0.340. The summed E-state index contributed by atoms with van der Waals surface area (Å²) in [5.41, 5.74) is 4.98. The van der Waals surface area contributed by atoms with E-state index in [0.29, 0.717) is 12.8 Å². The second-order valence-electron chi connectivity index (χ2n) is 6.32. The van der Waals surface area contributed by atoms with E-state index in [9.17, 15) is 18.0 Å². The lowest BCUT2D eigenvalue weighted by atomic mass is 9.84. The predicted molar refractivity (Wildman–Crippen MR) is 69.9 cm³/mol. The van der Waals surface area contributed by atoms with Gasteiger partial charge in [-0.2, -0.15) is 13.2 Å². The first-order valence-corrected chi connectivity index (χ1v) is 7.37. The standard InChI is InChI=1S/C14H23F3N2O/c1-10(11-4-5-11)19(9-14(15,16)17)12(20)13(8-18)6-2-3-7-13/h10-11H,2-9,18H2,1H3. The van der Waals surface area contributed by atoms with Crippen LogP contribution in [0.3, 0.4) is 0 Å². The maximum atomic E-state index is 12.8. The Bertz CT molecular complexity index is 360. The van der Waals surface area contributed by atoms with Crippen molar-refractivity contribution in [2.24, 2.45) is 17.1 Å². The van der Waals surface area contributed by atoms with E-state index < -0.39 is 18.1 Å². The van der Waals surface area contributed by atoms with E-state index in [1.54, 1.807) is 6.92 Å². The molecular formula is C14H23F3N2O. The van der Waals surface area contributed by atoms with Gasteiger partial charge in [0.2, 0.25) is 5.91 Å². The van der Waals surface area contributed by atoms with Crippen LogP contribution in [0.4, 0.5) is 13.2 Å². The molecule has 3 nitrogen and oxygen atoms in total. The molecule has 6 heteroatoms. The number of halogens is 3. The molecule has 2 N–H and O–H groups in total.